The molecule has 0 aliphatic carbocycles. The second-order valence-corrected chi connectivity index (χ2v) is 3.91. The summed E-state index contributed by atoms with van der Waals surface area (Å²) in [5.74, 6) is 0. The fourth-order valence-corrected chi connectivity index (χ4v) is 2.07. The Hall–Kier alpha value is -0.720. The summed E-state index contributed by atoms with van der Waals surface area (Å²) in [6.45, 7) is 0. The van der Waals surface area contributed by atoms with Gasteiger partial charge in [0.1, 0.15) is 0 Å². The molecule has 0 aliphatic rings. The van der Waals surface area contributed by atoms with Gasteiger partial charge in [0, 0.05) is 11.6 Å². The number of hydrogen-bond acceptors (Lipinski definition) is 0. The summed E-state index contributed by atoms with van der Waals surface area (Å²) < 4.78 is 39.0. The van der Waals surface area contributed by atoms with Gasteiger partial charge >= 0.3 is 6.18 Å². The Morgan fingerprint density at radius 1 is 1.14 bits per heavy atom. The zero-order valence-electron chi connectivity index (χ0n) is 6.85. The van der Waals surface area contributed by atoms with Crippen LogP contribution in [0, 0.1) is 0 Å². The lowest BCUT2D eigenvalue weighted by molar-refractivity contribution is -0.136. The highest BCUT2D eigenvalue weighted by molar-refractivity contribution is 14.1. The molecule has 5 heteroatoms. The van der Waals surface area contributed by atoms with Crippen LogP contribution < -0.4 is 0 Å². The maximum atomic E-state index is 12.5. The predicted octanol–water partition coefficient (Wildman–Crippen LogP) is 3.86. The molecule has 0 saturated carbocycles. The first-order valence-corrected chi connectivity index (χ1v) is 4.80. The number of halogens is 4. The third kappa shape index (κ3) is 1.49. The Morgan fingerprint density at radius 2 is 1.79 bits per heavy atom. The van der Waals surface area contributed by atoms with Crippen LogP contribution in [0.25, 0.3) is 10.9 Å². The van der Waals surface area contributed by atoms with Crippen LogP contribution in [0.1, 0.15) is 5.56 Å². The van der Waals surface area contributed by atoms with E-state index in [-0.39, 0.29) is 5.39 Å². The molecular weight excluding hydrogens is 306 g/mol. The topological polar surface area (TPSA) is 4.93 Å². The number of benzene rings is 1. The van der Waals surface area contributed by atoms with Gasteiger partial charge in [-0.2, -0.15) is 13.2 Å². The molecule has 0 radical (unpaired) electrons. The summed E-state index contributed by atoms with van der Waals surface area (Å²) in [6.07, 6.45) is -3.18. The molecule has 0 fully saturated rings. The lowest BCUT2D eigenvalue weighted by Gasteiger charge is -2.02. The fraction of sp³-hybridized carbons (Fsp3) is 0.111. The van der Waals surface area contributed by atoms with E-state index in [4.69, 9.17) is 0 Å². The highest BCUT2D eigenvalue weighted by Gasteiger charge is 2.34. The first-order valence-electron chi connectivity index (χ1n) is 3.83. The Morgan fingerprint density at radius 3 is 2.43 bits per heavy atom. The van der Waals surface area contributed by atoms with E-state index in [0.29, 0.717) is 5.52 Å². The van der Waals surface area contributed by atoms with Gasteiger partial charge < -0.3 is 0 Å². The zero-order valence-corrected chi connectivity index (χ0v) is 9.00. The van der Waals surface area contributed by atoms with Crippen LogP contribution in [-0.4, -0.2) is 2.78 Å². The molecule has 0 atom stereocenters. The first-order chi connectivity index (χ1) is 6.50. The van der Waals surface area contributed by atoms with Crippen molar-refractivity contribution in [3.05, 3.63) is 36.0 Å². The van der Waals surface area contributed by atoms with E-state index < -0.39 is 11.7 Å². The summed E-state index contributed by atoms with van der Waals surface area (Å²) in [4.78, 5) is 0. The van der Waals surface area contributed by atoms with Crippen molar-refractivity contribution in [1.29, 1.82) is 0 Å². The summed E-state index contributed by atoms with van der Waals surface area (Å²) in [5.41, 5.74) is 0.00271. The Labute approximate surface area is 92.0 Å². The molecule has 2 aromatic rings. The summed E-state index contributed by atoms with van der Waals surface area (Å²) in [6, 6.07) is 6.47. The number of para-hydroxylation sites is 1. The standard InChI is InChI=1S/C9H5F3IN/c10-9(11,12)7-5-14(13)8-4-2-1-3-6(7)8/h1-5H. The van der Waals surface area contributed by atoms with Gasteiger partial charge in [0.05, 0.1) is 33.9 Å². The van der Waals surface area contributed by atoms with Crippen molar-refractivity contribution in [2.24, 2.45) is 0 Å². The van der Waals surface area contributed by atoms with E-state index in [2.05, 4.69) is 0 Å². The number of rotatable bonds is 0. The average Bonchev–Trinajstić information content (AvgIpc) is 2.44. The molecule has 14 heavy (non-hydrogen) atoms. The van der Waals surface area contributed by atoms with Crippen molar-refractivity contribution in [1.82, 2.24) is 2.78 Å². The largest absolute Gasteiger partial charge is 0.418 e. The highest BCUT2D eigenvalue weighted by Crippen LogP contribution is 2.36. The molecule has 74 valence electrons. The second-order valence-electron chi connectivity index (χ2n) is 2.87. The van der Waals surface area contributed by atoms with E-state index >= 15 is 0 Å². The van der Waals surface area contributed by atoms with Gasteiger partial charge in [-0.25, -0.2) is 0 Å². The van der Waals surface area contributed by atoms with Gasteiger partial charge in [0.25, 0.3) is 0 Å². The Bertz CT molecular complexity index is 472. The van der Waals surface area contributed by atoms with Crippen molar-refractivity contribution >= 4 is 33.8 Å². The molecule has 0 saturated heterocycles. The number of fused-ring (bicyclic) bond motifs is 1. The van der Waals surface area contributed by atoms with Gasteiger partial charge in [-0.05, 0) is 6.07 Å². The Kier molecular flexibility index (Phi) is 2.21. The van der Waals surface area contributed by atoms with Crippen molar-refractivity contribution in [3.8, 4) is 0 Å². The summed E-state index contributed by atoms with van der Waals surface area (Å²) >= 11 is 1.84. The quantitative estimate of drug-likeness (QED) is 0.651. The summed E-state index contributed by atoms with van der Waals surface area (Å²) in [5, 5.41) is 0.245. The van der Waals surface area contributed by atoms with Crippen molar-refractivity contribution in [2.45, 2.75) is 6.18 Å². The van der Waals surface area contributed by atoms with Crippen LogP contribution in [0.15, 0.2) is 30.5 Å². The molecule has 1 heterocycles. The molecule has 0 spiro atoms. The molecule has 1 nitrogen and oxygen atoms in total. The first kappa shape index (κ1) is 9.82. The van der Waals surface area contributed by atoms with Crippen molar-refractivity contribution in [3.63, 3.8) is 0 Å². The second kappa shape index (κ2) is 3.15. The number of aromatic nitrogens is 1. The van der Waals surface area contributed by atoms with Crippen molar-refractivity contribution < 1.29 is 13.2 Å². The normalized spacial score (nSPS) is 12.3. The third-order valence-corrected chi connectivity index (χ3v) is 2.77. The third-order valence-electron chi connectivity index (χ3n) is 1.97. The van der Waals surface area contributed by atoms with Gasteiger partial charge in [-0.1, -0.05) is 18.2 Å². The lowest BCUT2D eigenvalue weighted by Crippen LogP contribution is -2.03. The van der Waals surface area contributed by atoms with Crippen LogP contribution in [0.3, 0.4) is 0 Å². The molecule has 1 aromatic heterocycles. The van der Waals surface area contributed by atoms with Crippen LogP contribution in [0.5, 0.6) is 0 Å². The molecule has 0 unspecified atom stereocenters. The van der Waals surface area contributed by atoms with E-state index in [1.165, 1.54) is 8.85 Å². The zero-order chi connectivity index (χ0) is 10.3. The molecule has 0 bridgehead atoms. The molecule has 0 aliphatic heterocycles. The van der Waals surface area contributed by atoms with Gasteiger partial charge in [-0.3, -0.25) is 2.78 Å². The van der Waals surface area contributed by atoms with Crippen LogP contribution in [0.4, 0.5) is 13.2 Å². The van der Waals surface area contributed by atoms with E-state index in [0.717, 1.165) is 6.20 Å². The molecule has 0 N–H and O–H groups in total. The SMILES string of the molecule is FC(F)(F)c1cn(I)c2ccccc12. The molecular formula is C9H5F3IN. The fourth-order valence-electron chi connectivity index (χ4n) is 1.37. The number of nitrogens with zero attached hydrogens (tertiary/aromatic N) is 1. The van der Waals surface area contributed by atoms with Gasteiger partial charge in [0.15, 0.2) is 0 Å². The van der Waals surface area contributed by atoms with Crippen molar-refractivity contribution in [2.75, 3.05) is 0 Å². The summed E-state index contributed by atoms with van der Waals surface area (Å²) in [7, 11) is 0. The maximum Gasteiger partial charge on any atom is 0.418 e. The highest BCUT2D eigenvalue weighted by atomic mass is 127. The van der Waals surface area contributed by atoms with Gasteiger partial charge in [0.2, 0.25) is 0 Å². The Balaban J connectivity index is 2.80. The average molecular weight is 311 g/mol. The predicted molar refractivity (Wildman–Crippen MR) is 56.4 cm³/mol. The molecule has 2 rings (SSSR count). The maximum absolute atomic E-state index is 12.5. The number of alkyl halides is 3. The monoisotopic (exact) mass is 311 g/mol. The lowest BCUT2D eigenvalue weighted by atomic mass is 10.2. The van der Waals surface area contributed by atoms with Crippen LogP contribution in [-0.2, 0) is 6.18 Å². The minimum absolute atomic E-state index is 0.245. The smallest absolute Gasteiger partial charge is 0.289 e. The number of hydrogen-bond donors (Lipinski definition) is 0. The molecule has 0 amide bonds. The molecule has 1 aromatic carbocycles. The van der Waals surface area contributed by atoms with E-state index in [9.17, 15) is 13.2 Å². The minimum atomic E-state index is -4.28. The van der Waals surface area contributed by atoms with Crippen LogP contribution in [0.2, 0.25) is 0 Å². The van der Waals surface area contributed by atoms with E-state index in [1.54, 1.807) is 18.2 Å². The van der Waals surface area contributed by atoms with Gasteiger partial charge in [-0.15, -0.1) is 0 Å². The van der Waals surface area contributed by atoms with Crippen LogP contribution >= 0.6 is 22.9 Å². The minimum Gasteiger partial charge on any atom is -0.289 e. The van der Waals surface area contributed by atoms with E-state index in [1.807, 2.05) is 22.9 Å².